The van der Waals surface area contributed by atoms with E-state index in [1.54, 1.807) is 23.2 Å². The van der Waals surface area contributed by atoms with Gasteiger partial charge in [0.2, 0.25) is 5.91 Å². The lowest BCUT2D eigenvalue weighted by Gasteiger charge is -2.32. The van der Waals surface area contributed by atoms with Crippen molar-refractivity contribution in [3.63, 3.8) is 0 Å². The Labute approximate surface area is 162 Å². The number of primary amides is 1. The van der Waals surface area contributed by atoms with Gasteiger partial charge in [-0.15, -0.1) is 0 Å². The summed E-state index contributed by atoms with van der Waals surface area (Å²) in [6.07, 6.45) is 6.80. The van der Waals surface area contributed by atoms with Crippen molar-refractivity contribution in [1.29, 1.82) is 0 Å². The minimum Gasteiger partial charge on any atom is -0.368 e. The number of nitrogens with one attached hydrogen (secondary N) is 1. The van der Waals surface area contributed by atoms with E-state index in [1.165, 1.54) is 0 Å². The third-order valence-electron chi connectivity index (χ3n) is 5.08. The first kappa shape index (κ1) is 18.0. The molecule has 1 aromatic carbocycles. The van der Waals surface area contributed by atoms with Gasteiger partial charge >= 0.3 is 0 Å². The fourth-order valence-electron chi connectivity index (χ4n) is 3.80. The number of piperidine rings is 1. The number of aromatic amines is 1. The van der Waals surface area contributed by atoms with Crippen molar-refractivity contribution in [2.75, 3.05) is 13.1 Å². The van der Waals surface area contributed by atoms with Crippen LogP contribution < -0.4 is 5.73 Å². The smallest absolute Gasteiger partial charge is 0.257 e. The van der Waals surface area contributed by atoms with Gasteiger partial charge in [0.15, 0.2) is 0 Å². The van der Waals surface area contributed by atoms with Crippen LogP contribution in [0.3, 0.4) is 0 Å². The van der Waals surface area contributed by atoms with Crippen molar-refractivity contribution in [2.24, 2.45) is 5.73 Å². The molecule has 1 aliphatic rings. The molecule has 0 saturated carbocycles. The number of H-pyrrole nitrogens is 1. The SMILES string of the molecule is NC(=O)Cn1ccnc1[C@H]1CCCN(C(=O)c2cn[nH]c2-c2ccccc2)C1. The molecule has 0 spiro atoms. The monoisotopic (exact) mass is 378 g/mol. The number of amides is 2. The van der Waals surface area contributed by atoms with E-state index < -0.39 is 5.91 Å². The second-order valence-corrected chi connectivity index (χ2v) is 6.99. The molecule has 0 radical (unpaired) electrons. The molecular formula is C20H22N6O2. The number of likely N-dealkylation sites (tertiary alicyclic amines) is 1. The van der Waals surface area contributed by atoms with E-state index in [4.69, 9.17) is 5.73 Å². The molecule has 1 atom stereocenters. The maximum Gasteiger partial charge on any atom is 0.257 e. The third kappa shape index (κ3) is 3.53. The van der Waals surface area contributed by atoms with Gasteiger partial charge < -0.3 is 15.2 Å². The van der Waals surface area contributed by atoms with Gasteiger partial charge in [-0.2, -0.15) is 5.10 Å². The first-order valence-electron chi connectivity index (χ1n) is 9.31. The topological polar surface area (TPSA) is 110 Å². The molecule has 1 fully saturated rings. The summed E-state index contributed by atoms with van der Waals surface area (Å²) >= 11 is 0. The van der Waals surface area contributed by atoms with E-state index in [1.807, 2.05) is 35.2 Å². The molecule has 1 saturated heterocycles. The first-order valence-corrected chi connectivity index (χ1v) is 9.31. The van der Waals surface area contributed by atoms with Gasteiger partial charge in [0.05, 0.1) is 17.5 Å². The van der Waals surface area contributed by atoms with E-state index in [9.17, 15) is 9.59 Å². The molecule has 0 bridgehead atoms. The Balaban J connectivity index is 1.55. The van der Waals surface area contributed by atoms with Crippen molar-refractivity contribution in [2.45, 2.75) is 25.3 Å². The molecule has 8 heteroatoms. The van der Waals surface area contributed by atoms with Gasteiger partial charge in [0, 0.05) is 37.0 Å². The number of imidazole rings is 1. The molecule has 3 N–H and O–H groups in total. The molecule has 144 valence electrons. The van der Waals surface area contributed by atoms with Crippen LogP contribution in [0.15, 0.2) is 48.9 Å². The molecule has 0 aliphatic carbocycles. The fraction of sp³-hybridized carbons (Fsp3) is 0.300. The van der Waals surface area contributed by atoms with Crippen molar-refractivity contribution in [3.05, 3.63) is 60.3 Å². The number of hydrogen-bond acceptors (Lipinski definition) is 4. The maximum atomic E-state index is 13.2. The van der Waals surface area contributed by atoms with Crippen LogP contribution in [0.5, 0.6) is 0 Å². The van der Waals surface area contributed by atoms with E-state index in [0.717, 1.165) is 29.9 Å². The first-order chi connectivity index (χ1) is 13.6. The minimum atomic E-state index is -0.408. The molecule has 0 unspecified atom stereocenters. The summed E-state index contributed by atoms with van der Waals surface area (Å²) in [4.78, 5) is 30.8. The highest BCUT2D eigenvalue weighted by Gasteiger charge is 2.29. The van der Waals surface area contributed by atoms with Gasteiger partial charge in [-0.1, -0.05) is 30.3 Å². The molecule has 2 aromatic heterocycles. The number of nitrogens with two attached hydrogens (primary N) is 1. The van der Waals surface area contributed by atoms with Crippen LogP contribution in [-0.4, -0.2) is 49.6 Å². The van der Waals surface area contributed by atoms with Crippen LogP contribution in [0, 0.1) is 0 Å². The van der Waals surface area contributed by atoms with Crippen molar-refractivity contribution >= 4 is 11.8 Å². The Hall–Kier alpha value is -3.42. The van der Waals surface area contributed by atoms with Crippen LogP contribution in [0.4, 0.5) is 0 Å². The Morgan fingerprint density at radius 2 is 2.07 bits per heavy atom. The van der Waals surface area contributed by atoms with Crippen LogP contribution in [0.1, 0.15) is 34.9 Å². The maximum absolute atomic E-state index is 13.2. The lowest BCUT2D eigenvalue weighted by atomic mass is 9.96. The molecule has 3 aromatic rings. The Morgan fingerprint density at radius 3 is 2.86 bits per heavy atom. The van der Waals surface area contributed by atoms with E-state index in [0.29, 0.717) is 18.7 Å². The number of carbonyl (C=O) groups is 2. The highest BCUT2D eigenvalue weighted by atomic mass is 16.2. The van der Waals surface area contributed by atoms with E-state index in [-0.39, 0.29) is 18.4 Å². The summed E-state index contributed by atoms with van der Waals surface area (Å²) in [6.45, 7) is 1.33. The van der Waals surface area contributed by atoms with Gasteiger partial charge in [-0.3, -0.25) is 14.7 Å². The van der Waals surface area contributed by atoms with Crippen molar-refractivity contribution in [3.8, 4) is 11.3 Å². The quantitative estimate of drug-likeness (QED) is 0.705. The number of carbonyl (C=O) groups excluding carboxylic acids is 2. The Kier molecular flexibility index (Phi) is 4.92. The fourth-order valence-corrected chi connectivity index (χ4v) is 3.80. The van der Waals surface area contributed by atoms with Gasteiger partial charge in [0.1, 0.15) is 12.4 Å². The summed E-state index contributed by atoms with van der Waals surface area (Å²) in [5.74, 6) is 0.408. The van der Waals surface area contributed by atoms with Gasteiger partial charge in [-0.25, -0.2) is 4.98 Å². The Morgan fingerprint density at radius 1 is 1.25 bits per heavy atom. The Bertz CT molecular complexity index is 978. The van der Waals surface area contributed by atoms with Gasteiger partial charge in [-0.05, 0) is 12.8 Å². The normalized spacial score (nSPS) is 16.9. The summed E-state index contributed by atoms with van der Waals surface area (Å²) in [5.41, 5.74) is 7.54. The zero-order valence-electron chi connectivity index (χ0n) is 15.4. The van der Waals surface area contributed by atoms with Crippen molar-refractivity contribution < 1.29 is 9.59 Å². The molecule has 28 heavy (non-hydrogen) atoms. The highest BCUT2D eigenvalue weighted by molar-refractivity contribution is 5.99. The summed E-state index contributed by atoms with van der Waals surface area (Å²) < 4.78 is 1.77. The second kappa shape index (κ2) is 7.67. The second-order valence-electron chi connectivity index (χ2n) is 6.99. The average Bonchev–Trinajstić information content (AvgIpc) is 3.37. The number of aromatic nitrogens is 4. The molecular weight excluding hydrogens is 356 g/mol. The highest BCUT2D eigenvalue weighted by Crippen LogP contribution is 2.28. The standard InChI is InChI=1S/C20H22N6O2/c21-17(27)13-25-10-8-22-19(25)15-7-4-9-26(12-15)20(28)16-11-23-24-18(16)14-5-2-1-3-6-14/h1-3,5-6,8,10-11,15H,4,7,9,12-13H2,(H2,21,27)(H,23,24)/t15-/m0/s1. The largest absolute Gasteiger partial charge is 0.368 e. The van der Waals surface area contributed by atoms with E-state index in [2.05, 4.69) is 15.2 Å². The molecule has 1 aliphatic heterocycles. The zero-order chi connectivity index (χ0) is 19.5. The number of rotatable bonds is 5. The van der Waals surface area contributed by atoms with Crippen LogP contribution in [0.25, 0.3) is 11.3 Å². The molecule has 3 heterocycles. The van der Waals surface area contributed by atoms with Crippen LogP contribution >= 0.6 is 0 Å². The van der Waals surface area contributed by atoms with Crippen molar-refractivity contribution in [1.82, 2.24) is 24.6 Å². The van der Waals surface area contributed by atoms with Crippen LogP contribution in [0.2, 0.25) is 0 Å². The third-order valence-corrected chi connectivity index (χ3v) is 5.08. The van der Waals surface area contributed by atoms with Gasteiger partial charge in [0.25, 0.3) is 5.91 Å². The zero-order valence-corrected chi connectivity index (χ0v) is 15.4. The molecule has 4 rings (SSSR count). The molecule has 2 amide bonds. The lowest BCUT2D eigenvalue weighted by molar-refractivity contribution is -0.118. The summed E-state index contributed by atoms with van der Waals surface area (Å²) in [7, 11) is 0. The number of hydrogen-bond donors (Lipinski definition) is 2. The summed E-state index contributed by atoms with van der Waals surface area (Å²) in [5, 5.41) is 7.04. The predicted molar refractivity (Wildman–Crippen MR) is 103 cm³/mol. The lowest BCUT2D eigenvalue weighted by Crippen LogP contribution is -2.40. The average molecular weight is 378 g/mol. The minimum absolute atomic E-state index is 0.0506. The van der Waals surface area contributed by atoms with E-state index >= 15 is 0 Å². The predicted octanol–water partition coefficient (Wildman–Crippen LogP) is 1.78. The number of nitrogens with zero attached hydrogens (tertiary/aromatic N) is 4. The van der Waals surface area contributed by atoms with Crippen LogP contribution in [-0.2, 0) is 11.3 Å². The molecule has 8 nitrogen and oxygen atoms in total. The number of benzene rings is 1. The summed E-state index contributed by atoms with van der Waals surface area (Å²) in [6, 6.07) is 9.69.